The van der Waals surface area contributed by atoms with Gasteiger partial charge in [0, 0.05) is 24.1 Å². The van der Waals surface area contributed by atoms with Gasteiger partial charge in [0.15, 0.2) is 5.11 Å². The molecule has 0 amide bonds. The molecule has 7 nitrogen and oxygen atoms in total. The number of benzene rings is 2. The summed E-state index contributed by atoms with van der Waals surface area (Å²) in [6.07, 6.45) is 6.55. The summed E-state index contributed by atoms with van der Waals surface area (Å²) in [7, 11) is 0. The van der Waals surface area contributed by atoms with Gasteiger partial charge in [0.1, 0.15) is 0 Å². The van der Waals surface area contributed by atoms with Crippen molar-refractivity contribution in [1.82, 2.24) is 20.7 Å². The normalized spacial score (nSPS) is 15.1. The zero-order valence-electron chi connectivity index (χ0n) is 20.1. The summed E-state index contributed by atoms with van der Waals surface area (Å²) in [5.74, 6) is 0.361. The number of thiocarbonyl (C=S) groups is 1. The zero-order valence-corrected chi connectivity index (χ0v) is 20.9. The highest BCUT2D eigenvalue weighted by Crippen LogP contribution is 2.48. The number of aliphatic hydroxyl groups is 1. The third kappa shape index (κ3) is 5.71. The van der Waals surface area contributed by atoms with Gasteiger partial charge in [-0.2, -0.15) is 0 Å². The number of fused-ring (bicyclic) bond motifs is 4. The second-order valence-electron chi connectivity index (χ2n) is 9.05. The van der Waals surface area contributed by atoms with Crippen LogP contribution in [-0.2, 0) is 18.4 Å². The van der Waals surface area contributed by atoms with E-state index in [2.05, 4.69) is 39.4 Å². The SMILES string of the molecule is CCO.O=c1[nH]c(NNC(=S)NCc2ccccc2)nc2c1C1(CCCCC1)Cc1ccccc1-2. The van der Waals surface area contributed by atoms with Crippen LogP contribution in [0.3, 0.4) is 0 Å². The number of aromatic amines is 1. The van der Waals surface area contributed by atoms with Crippen LogP contribution in [0, 0.1) is 0 Å². The summed E-state index contributed by atoms with van der Waals surface area (Å²) in [5.41, 5.74) is 10.9. The molecule has 1 fully saturated rings. The topological polar surface area (TPSA) is 102 Å². The standard InChI is InChI=1S/C25H27N5OS.C2H6O/c31-22-20-21(19-12-6-5-11-18(19)15-25(20)13-7-2-8-14-25)27-23(28-22)29-30-24(32)26-16-17-9-3-1-4-10-17;1-2-3/h1,3-6,9-12H,2,7-8,13-16H2,(H2,26,30,32)(H2,27,28,29,31);3H,2H2,1H3. The summed E-state index contributed by atoms with van der Waals surface area (Å²) in [6, 6.07) is 18.4. The number of H-pyrrole nitrogens is 1. The third-order valence-corrected chi connectivity index (χ3v) is 6.90. The van der Waals surface area contributed by atoms with Crippen molar-refractivity contribution in [2.45, 2.75) is 57.4 Å². The predicted octanol–water partition coefficient (Wildman–Crippen LogP) is 4.18. The van der Waals surface area contributed by atoms with Gasteiger partial charge in [-0.25, -0.2) is 4.98 Å². The van der Waals surface area contributed by atoms with Crippen molar-refractivity contribution in [3.8, 4) is 11.3 Å². The first-order chi connectivity index (χ1) is 17.1. The molecule has 1 heterocycles. The molecule has 5 rings (SSSR count). The highest BCUT2D eigenvalue weighted by Gasteiger charge is 2.42. The number of hydrazine groups is 1. The van der Waals surface area contributed by atoms with Crippen molar-refractivity contribution in [2.75, 3.05) is 12.0 Å². The number of aromatic nitrogens is 2. The van der Waals surface area contributed by atoms with Crippen LogP contribution >= 0.6 is 12.2 Å². The molecule has 0 unspecified atom stereocenters. The lowest BCUT2D eigenvalue weighted by molar-refractivity contribution is 0.285. The fourth-order valence-corrected chi connectivity index (χ4v) is 5.29. The van der Waals surface area contributed by atoms with E-state index in [4.69, 9.17) is 22.3 Å². The number of aliphatic hydroxyl groups excluding tert-OH is 1. The molecule has 1 aromatic heterocycles. The molecule has 5 N–H and O–H groups in total. The molecular formula is C27H33N5O2S. The van der Waals surface area contributed by atoms with Crippen LogP contribution < -0.4 is 21.7 Å². The first-order valence-electron chi connectivity index (χ1n) is 12.2. The Bertz CT molecular complexity index is 1210. The molecule has 2 aliphatic carbocycles. The van der Waals surface area contributed by atoms with Gasteiger partial charge in [-0.15, -0.1) is 0 Å². The van der Waals surface area contributed by atoms with Crippen LogP contribution in [0.5, 0.6) is 0 Å². The molecule has 0 aliphatic heterocycles. The summed E-state index contributed by atoms with van der Waals surface area (Å²) in [4.78, 5) is 21.1. The monoisotopic (exact) mass is 491 g/mol. The van der Waals surface area contributed by atoms with Crippen molar-refractivity contribution in [2.24, 2.45) is 0 Å². The van der Waals surface area contributed by atoms with Crippen molar-refractivity contribution in [3.63, 3.8) is 0 Å². The first kappa shape index (κ1) is 24.9. The quantitative estimate of drug-likeness (QED) is 0.276. The molecular weight excluding hydrogens is 458 g/mol. The molecule has 0 atom stereocenters. The second kappa shape index (κ2) is 11.5. The molecule has 0 radical (unpaired) electrons. The summed E-state index contributed by atoms with van der Waals surface area (Å²) >= 11 is 5.36. The Morgan fingerprint density at radius 1 is 1.09 bits per heavy atom. The lowest BCUT2D eigenvalue weighted by Crippen LogP contribution is -2.42. The van der Waals surface area contributed by atoms with Crippen molar-refractivity contribution in [3.05, 3.63) is 81.6 Å². The van der Waals surface area contributed by atoms with Gasteiger partial charge in [0.2, 0.25) is 5.95 Å². The van der Waals surface area contributed by atoms with E-state index in [9.17, 15) is 4.79 Å². The third-order valence-electron chi connectivity index (χ3n) is 6.65. The van der Waals surface area contributed by atoms with Crippen LogP contribution in [0.4, 0.5) is 5.95 Å². The lowest BCUT2D eigenvalue weighted by Gasteiger charge is -2.41. The number of nitrogens with zero attached hydrogens (tertiary/aromatic N) is 1. The van der Waals surface area contributed by atoms with Crippen molar-refractivity contribution in [1.29, 1.82) is 0 Å². The summed E-state index contributed by atoms with van der Waals surface area (Å²) < 4.78 is 0. The van der Waals surface area contributed by atoms with E-state index in [1.807, 2.05) is 36.4 Å². The van der Waals surface area contributed by atoms with Gasteiger partial charge in [-0.3, -0.25) is 20.6 Å². The Morgan fingerprint density at radius 2 is 1.77 bits per heavy atom. The van der Waals surface area contributed by atoms with E-state index in [0.717, 1.165) is 54.5 Å². The number of hydrogen-bond acceptors (Lipinski definition) is 5. The van der Waals surface area contributed by atoms with Gasteiger partial charge < -0.3 is 10.4 Å². The molecule has 35 heavy (non-hydrogen) atoms. The average molecular weight is 492 g/mol. The van der Waals surface area contributed by atoms with Gasteiger partial charge in [0.25, 0.3) is 5.56 Å². The zero-order chi connectivity index (χ0) is 24.7. The largest absolute Gasteiger partial charge is 0.397 e. The maximum Gasteiger partial charge on any atom is 0.256 e. The Balaban J connectivity index is 0.000000917. The maximum absolute atomic E-state index is 13.3. The van der Waals surface area contributed by atoms with Crippen LogP contribution in [0.15, 0.2) is 59.4 Å². The Morgan fingerprint density at radius 3 is 2.51 bits per heavy atom. The van der Waals surface area contributed by atoms with Crippen molar-refractivity contribution >= 4 is 23.3 Å². The molecule has 0 bridgehead atoms. The Kier molecular flexibility index (Phi) is 8.15. The predicted molar refractivity (Wildman–Crippen MR) is 144 cm³/mol. The number of hydrogen-bond donors (Lipinski definition) is 5. The number of nitrogens with one attached hydrogen (secondary N) is 4. The summed E-state index contributed by atoms with van der Waals surface area (Å²) in [6.45, 7) is 2.54. The molecule has 1 saturated carbocycles. The van der Waals surface area contributed by atoms with E-state index in [1.54, 1.807) is 6.92 Å². The number of anilines is 1. The number of rotatable bonds is 4. The van der Waals surface area contributed by atoms with Crippen LogP contribution in [0.2, 0.25) is 0 Å². The van der Waals surface area contributed by atoms with Gasteiger partial charge >= 0.3 is 0 Å². The van der Waals surface area contributed by atoms with Crippen LogP contribution in [0.25, 0.3) is 11.3 Å². The minimum Gasteiger partial charge on any atom is -0.397 e. The fourth-order valence-electron chi connectivity index (χ4n) is 5.17. The maximum atomic E-state index is 13.3. The minimum atomic E-state index is -0.110. The van der Waals surface area contributed by atoms with Gasteiger partial charge in [0.05, 0.1) is 11.3 Å². The Hall–Kier alpha value is -3.23. The first-order valence-corrected chi connectivity index (χ1v) is 12.6. The van der Waals surface area contributed by atoms with E-state index < -0.39 is 0 Å². The molecule has 2 aromatic carbocycles. The average Bonchev–Trinajstić information content (AvgIpc) is 2.87. The second-order valence-corrected chi connectivity index (χ2v) is 9.46. The van der Waals surface area contributed by atoms with E-state index in [-0.39, 0.29) is 17.6 Å². The highest BCUT2D eigenvalue weighted by molar-refractivity contribution is 7.80. The Labute approximate surface area is 211 Å². The molecule has 3 aromatic rings. The van der Waals surface area contributed by atoms with Gasteiger partial charge in [-0.1, -0.05) is 73.9 Å². The van der Waals surface area contributed by atoms with Crippen LogP contribution in [-0.4, -0.2) is 26.8 Å². The van der Waals surface area contributed by atoms with Crippen LogP contribution in [0.1, 0.15) is 55.7 Å². The highest BCUT2D eigenvalue weighted by atomic mass is 32.1. The van der Waals surface area contributed by atoms with Crippen molar-refractivity contribution < 1.29 is 5.11 Å². The minimum absolute atomic E-state index is 0.0566. The molecule has 184 valence electrons. The lowest BCUT2D eigenvalue weighted by atomic mass is 9.62. The summed E-state index contributed by atoms with van der Waals surface area (Å²) in [5, 5.41) is 11.1. The molecule has 8 heteroatoms. The van der Waals surface area contributed by atoms with E-state index >= 15 is 0 Å². The smallest absolute Gasteiger partial charge is 0.256 e. The fraction of sp³-hybridized carbons (Fsp3) is 0.370. The molecule has 0 saturated heterocycles. The molecule has 2 aliphatic rings. The molecule has 1 spiro atoms. The van der Waals surface area contributed by atoms with E-state index in [1.165, 1.54) is 12.0 Å². The van der Waals surface area contributed by atoms with Gasteiger partial charge in [-0.05, 0) is 49.5 Å². The van der Waals surface area contributed by atoms with E-state index in [0.29, 0.717) is 17.6 Å².